The van der Waals surface area contributed by atoms with Crippen LogP contribution in [0.2, 0.25) is 0 Å². The lowest BCUT2D eigenvalue weighted by molar-refractivity contribution is -0.122. The maximum Gasteiger partial charge on any atom is 0.234 e. The lowest BCUT2D eigenvalue weighted by atomic mass is 9.96. The Labute approximate surface area is 121 Å². The standard InChI is InChI=1S/C17H24N2O/c20-16(13-19-11-5-2-6-12-19)18-14-17(9-10-17)15-7-3-1-4-8-15/h1,3-4,7-8H,2,5-6,9-14H2,(H,18,20). The van der Waals surface area contributed by atoms with Gasteiger partial charge in [-0.15, -0.1) is 0 Å². The van der Waals surface area contributed by atoms with Crippen LogP contribution in [-0.4, -0.2) is 37.0 Å². The minimum Gasteiger partial charge on any atom is -0.354 e. The van der Waals surface area contributed by atoms with Crippen molar-refractivity contribution in [2.75, 3.05) is 26.2 Å². The van der Waals surface area contributed by atoms with Crippen molar-refractivity contribution in [1.82, 2.24) is 10.2 Å². The zero-order valence-electron chi connectivity index (χ0n) is 12.1. The molecule has 3 rings (SSSR count). The SMILES string of the molecule is O=C(CN1CCCCC1)NCC1(c2ccccc2)CC1. The number of piperidine rings is 1. The van der Waals surface area contributed by atoms with Crippen molar-refractivity contribution in [2.24, 2.45) is 0 Å². The molecule has 0 radical (unpaired) electrons. The van der Waals surface area contributed by atoms with Gasteiger partial charge in [0.05, 0.1) is 6.54 Å². The summed E-state index contributed by atoms with van der Waals surface area (Å²) in [5.74, 6) is 0.189. The second-order valence-electron chi connectivity index (χ2n) is 6.26. The van der Waals surface area contributed by atoms with Gasteiger partial charge in [0.2, 0.25) is 5.91 Å². The molecule has 0 bridgehead atoms. The fourth-order valence-electron chi connectivity index (χ4n) is 3.15. The monoisotopic (exact) mass is 272 g/mol. The number of rotatable bonds is 5. The van der Waals surface area contributed by atoms with Crippen molar-refractivity contribution >= 4 is 5.91 Å². The van der Waals surface area contributed by atoms with Gasteiger partial charge < -0.3 is 5.32 Å². The first kappa shape index (κ1) is 13.6. The van der Waals surface area contributed by atoms with Gasteiger partial charge >= 0.3 is 0 Å². The largest absolute Gasteiger partial charge is 0.354 e. The first-order valence-electron chi connectivity index (χ1n) is 7.83. The van der Waals surface area contributed by atoms with Crippen molar-refractivity contribution in [1.29, 1.82) is 0 Å². The summed E-state index contributed by atoms with van der Waals surface area (Å²) in [6.45, 7) is 3.53. The van der Waals surface area contributed by atoms with E-state index in [0.29, 0.717) is 6.54 Å². The van der Waals surface area contributed by atoms with E-state index in [0.717, 1.165) is 19.6 Å². The van der Waals surface area contributed by atoms with E-state index in [4.69, 9.17) is 0 Å². The molecule has 0 aromatic heterocycles. The van der Waals surface area contributed by atoms with E-state index < -0.39 is 0 Å². The van der Waals surface area contributed by atoms with Crippen LogP contribution in [0, 0.1) is 0 Å². The Kier molecular flexibility index (Phi) is 4.06. The summed E-state index contributed by atoms with van der Waals surface area (Å²) < 4.78 is 0. The van der Waals surface area contributed by atoms with Crippen molar-refractivity contribution in [3.05, 3.63) is 35.9 Å². The van der Waals surface area contributed by atoms with E-state index in [1.807, 2.05) is 0 Å². The third kappa shape index (κ3) is 3.21. The summed E-state index contributed by atoms with van der Waals surface area (Å²) in [6, 6.07) is 10.6. The van der Waals surface area contributed by atoms with Crippen molar-refractivity contribution in [2.45, 2.75) is 37.5 Å². The molecule has 2 fully saturated rings. The number of hydrogen-bond donors (Lipinski definition) is 1. The summed E-state index contributed by atoms with van der Waals surface area (Å²) in [6.07, 6.45) is 6.18. The minimum absolute atomic E-state index is 0.189. The van der Waals surface area contributed by atoms with Gasteiger partial charge in [-0.05, 0) is 44.3 Å². The maximum absolute atomic E-state index is 12.1. The van der Waals surface area contributed by atoms with Gasteiger partial charge in [-0.3, -0.25) is 9.69 Å². The van der Waals surface area contributed by atoms with E-state index in [2.05, 4.69) is 40.5 Å². The van der Waals surface area contributed by atoms with Gasteiger partial charge in [-0.25, -0.2) is 0 Å². The van der Waals surface area contributed by atoms with Crippen LogP contribution in [0.25, 0.3) is 0 Å². The quantitative estimate of drug-likeness (QED) is 0.892. The molecule has 0 unspecified atom stereocenters. The van der Waals surface area contributed by atoms with Gasteiger partial charge in [-0.1, -0.05) is 36.8 Å². The molecule has 1 amide bonds. The van der Waals surface area contributed by atoms with E-state index in [9.17, 15) is 4.79 Å². The molecular weight excluding hydrogens is 248 g/mol. The van der Waals surface area contributed by atoms with E-state index >= 15 is 0 Å². The fraction of sp³-hybridized carbons (Fsp3) is 0.588. The number of amides is 1. The van der Waals surface area contributed by atoms with Crippen molar-refractivity contribution in [3.8, 4) is 0 Å². The number of benzene rings is 1. The number of likely N-dealkylation sites (tertiary alicyclic amines) is 1. The Balaban J connectivity index is 1.48. The zero-order valence-corrected chi connectivity index (χ0v) is 12.1. The summed E-state index contributed by atoms with van der Waals surface area (Å²) in [4.78, 5) is 14.3. The van der Waals surface area contributed by atoms with Crippen molar-refractivity contribution < 1.29 is 4.79 Å². The topological polar surface area (TPSA) is 32.3 Å². The van der Waals surface area contributed by atoms with Crippen LogP contribution in [0.3, 0.4) is 0 Å². The minimum atomic E-state index is 0.189. The molecule has 0 atom stereocenters. The van der Waals surface area contributed by atoms with E-state index in [1.165, 1.54) is 37.7 Å². The summed E-state index contributed by atoms with van der Waals surface area (Å²) in [5, 5.41) is 3.15. The van der Waals surface area contributed by atoms with Crippen molar-refractivity contribution in [3.63, 3.8) is 0 Å². The molecule has 108 valence electrons. The lowest BCUT2D eigenvalue weighted by Gasteiger charge is -2.26. The lowest BCUT2D eigenvalue weighted by Crippen LogP contribution is -2.42. The number of carbonyl (C=O) groups excluding carboxylic acids is 1. The van der Waals surface area contributed by atoms with Gasteiger partial charge in [0, 0.05) is 12.0 Å². The molecule has 1 heterocycles. The molecule has 1 N–H and O–H groups in total. The third-order valence-corrected chi connectivity index (χ3v) is 4.68. The Morgan fingerprint density at radius 1 is 1.10 bits per heavy atom. The maximum atomic E-state index is 12.1. The second kappa shape index (κ2) is 5.96. The molecule has 1 aliphatic heterocycles. The first-order valence-corrected chi connectivity index (χ1v) is 7.83. The highest BCUT2D eigenvalue weighted by Gasteiger charge is 2.44. The van der Waals surface area contributed by atoms with Gasteiger partial charge in [0.15, 0.2) is 0 Å². The Bertz CT molecular complexity index is 447. The van der Waals surface area contributed by atoms with E-state index in [-0.39, 0.29) is 11.3 Å². The molecule has 1 saturated carbocycles. The number of nitrogens with one attached hydrogen (secondary N) is 1. The highest BCUT2D eigenvalue weighted by molar-refractivity contribution is 5.78. The number of nitrogens with zero attached hydrogens (tertiary/aromatic N) is 1. The number of carbonyl (C=O) groups is 1. The molecule has 3 nitrogen and oxygen atoms in total. The zero-order chi connectivity index (χ0) is 13.8. The highest BCUT2D eigenvalue weighted by Crippen LogP contribution is 2.47. The molecule has 0 spiro atoms. The summed E-state index contributed by atoms with van der Waals surface area (Å²) in [7, 11) is 0. The molecule has 1 aliphatic carbocycles. The Morgan fingerprint density at radius 3 is 2.45 bits per heavy atom. The molecule has 3 heteroatoms. The Hall–Kier alpha value is -1.35. The second-order valence-corrected chi connectivity index (χ2v) is 6.26. The van der Waals surface area contributed by atoms with Gasteiger partial charge in [-0.2, -0.15) is 0 Å². The van der Waals surface area contributed by atoms with E-state index in [1.54, 1.807) is 0 Å². The average molecular weight is 272 g/mol. The van der Waals surface area contributed by atoms with Crippen LogP contribution in [0.1, 0.15) is 37.7 Å². The molecule has 1 aromatic carbocycles. The van der Waals surface area contributed by atoms with Crippen LogP contribution >= 0.6 is 0 Å². The van der Waals surface area contributed by atoms with Crippen LogP contribution in [0.5, 0.6) is 0 Å². The Morgan fingerprint density at radius 2 is 1.80 bits per heavy atom. The molecule has 20 heavy (non-hydrogen) atoms. The smallest absolute Gasteiger partial charge is 0.234 e. The van der Waals surface area contributed by atoms with Gasteiger partial charge in [0.1, 0.15) is 0 Å². The predicted octanol–water partition coefficient (Wildman–Crippen LogP) is 2.32. The average Bonchev–Trinajstić information content (AvgIpc) is 3.28. The molecule has 2 aliphatic rings. The van der Waals surface area contributed by atoms with Crippen LogP contribution in [0.15, 0.2) is 30.3 Å². The summed E-state index contributed by atoms with van der Waals surface area (Å²) in [5.41, 5.74) is 1.59. The summed E-state index contributed by atoms with van der Waals surface area (Å²) >= 11 is 0. The molecule has 1 saturated heterocycles. The highest BCUT2D eigenvalue weighted by atomic mass is 16.2. The normalized spacial score (nSPS) is 21.4. The predicted molar refractivity (Wildman–Crippen MR) is 80.7 cm³/mol. The third-order valence-electron chi connectivity index (χ3n) is 4.68. The van der Waals surface area contributed by atoms with Crippen LogP contribution in [0.4, 0.5) is 0 Å². The number of hydrogen-bond acceptors (Lipinski definition) is 2. The fourth-order valence-corrected chi connectivity index (χ4v) is 3.15. The molecular formula is C17H24N2O. The first-order chi connectivity index (χ1) is 9.78. The molecule has 1 aromatic rings. The van der Waals surface area contributed by atoms with Crippen LogP contribution < -0.4 is 5.32 Å². The van der Waals surface area contributed by atoms with Crippen LogP contribution in [-0.2, 0) is 10.2 Å². The van der Waals surface area contributed by atoms with Gasteiger partial charge in [0.25, 0.3) is 0 Å².